The van der Waals surface area contributed by atoms with Crippen molar-refractivity contribution < 1.29 is 4.79 Å². The van der Waals surface area contributed by atoms with Gasteiger partial charge in [-0.15, -0.1) is 0 Å². The van der Waals surface area contributed by atoms with Crippen molar-refractivity contribution in [3.63, 3.8) is 0 Å². The number of hydrogen-bond donors (Lipinski definition) is 1. The maximum absolute atomic E-state index is 12.0. The van der Waals surface area contributed by atoms with Crippen LogP contribution in [0, 0.1) is 11.8 Å². The van der Waals surface area contributed by atoms with Gasteiger partial charge in [-0.2, -0.15) is 0 Å². The fraction of sp³-hybridized carbons (Fsp3) is 0.562. The number of benzene rings is 1. The second-order valence-electron chi connectivity index (χ2n) is 6.01. The Morgan fingerprint density at radius 1 is 1.25 bits per heavy atom. The van der Waals surface area contributed by atoms with Crippen LogP contribution in [0.4, 0.5) is 5.69 Å². The Hall–Kier alpha value is -0.870. The molecule has 110 valence electrons. The molecule has 1 heterocycles. The van der Waals surface area contributed by atoms with Crippen molar-refractivity contribution in [1.82, 2.24) is 4.90 Å². The van der Waals surface area contributed by atoms with E-state index in [1.54, 1.807) is 0 Å². The van der Waals surface area contributed by atoms with E-state index < -0.39 is 0 Å². The molecule has 2 atom stereocenters. The van der Waals surface area contributed by atoms with Crippen molar-refractivity contribution in [1.29, 1.82) is 0 Å². The Morgan fingerprint density at radius 3 is 2.45 bits per heavy atom. The van der Waals surface area contributed by atoms with Crippen LogP contribution in [0.3, 0.4) is 0 Å². The first-order valence-electron chi connectivity index (χ1n) is 7.30. The molecule has 1 aromatic rings. The normalized spacial score (nSPS) is 23.6. The number of halogens is 1. The minimum absolute atomic E-state index is 0.0956. The monoisotopic (exact) mass is 338 g/mol. The van der Waals surface area contributed by atoms with E-state index in [4.69, 9.17) is 0 Å². The number of carbonyl (C=O) groups is 1. The van der Waals surface area contributed by atoms with Gasteiger partial charge in [-0.25, -0.2) is 0 Å². The van der Waals surface area contributed by atoms with Gasteiger partial charge < -0.3 is 10.2 Å². The van der Waals surface area contributed by atoms with E-state index in [-0.39, 0.29) is 5.91 Å². The first-order chi connectivity index (χ1) is 9.52. The van der Waals surface area contributed by atoms with E-state index >= 15 is 0 Å². The maximum Gasteiger partial charge on any atom is 0.225 e. The Morgan fingerprint density at radius 2 is 1.85 bits per heavy atom. The molecule has 1 aliphatic rings. The molecule has 0 saturated carbocycles. The van der Waals surface area contributed by atoms with E-state index in [1.165, 1.54) is 6.42 Å². The van der Waals surface area contributed by atoms with Gasteiger partial charge in [0.1, 0.15) is 0 Å². The van der Waals surface area contributed by atoms with Crippen LogP contribution in [0.25, 0.3) is 0 Å². The fourth-order valence-corrected chi connectivity index (χ4v) is 3.26. The van der Waals surface area contributed by atoms with E-state index in [1.807, 2.05) is 24.3 Å². The molecule has 3 nitrogen and oxygen atoms in total. The van der Waals surface area contributed by atoms with Crippen molar-refractivity contribution >= 4 is 27.5 Å². The second-order valence-corrected chi connectivity index (χ2v) is 6.93. The highest BCUT2D eigenvalue weighted by atomic mass is 79.9. The summed E-state index contributed by atoms with van der Waals surface area (Å²) in [6.45, 7) is 7.69. The third-order valence-electron chi connectivity index (χ3n) is 3.73. The smallest absolute Gasteiger partial charge is 0.225 e. The molecule has 0 radical (unpaired) electrons. The summed E-state index contributed by atoms with van der Waals surface area (Å²) in [5.74, 6) is 1.58. The number of nitrogens with zero attached hydrogens (tertiary/aromatic N) is 1. The number of rotatable bonds is 4. The molecule has 1 aromatic carbocycles. The lowest BCUT2D eigenvalue weighted by molar-refractivity contribution is -0.116. The Labute approximate surface area is 129 Å². The van der Waals surface area contributed by atoms with Crippen molar-refractivity contribution in [3.05, 3.63) is 28.7 Å². The van der Waals surface area contributed by atoms with Crippen LogP contribution >= 0.6 is 15.9 Å². The van der Waals surface area contributed by atoms with Crippen molar-refractivity contribution in [2.45, 2.75) is 26.7 Å². The summed E-state index contributed by atoms with van der Waals surface area (Å²) < 4.78 is 1.02. The highest BCUT2D eigenvalue weighted by Gasteiger charge is 2.21. The third-order valence-corrected chi connectivity index (χ3v) is 4.26. The van der Waals surface area contributed by atoms with E-state index in [0.717, 1.165) is 41.6 Å². The lowest BCUT2D eigenvalue weighted by Crippen LogP contribution is -2.40. The molecule has 0 bridgehead atoms. The molecule has 0 unspecified atom stereocenters. The predicted molar refractivity (Wildman–Crippen MR) is 86.8 cm³/mol. The first kappa shape index (κ1) is 15.5. The molecule has 1 amide bonds. The molecule has 20 heavy (non-hydrogen) atoms. The Bertz CT molecular complexity index is 436. The van der Waals surface area contributed by atoms with Crippen LogP contribution in [0.1, 0.15) is 26.7 Å². The quantitative estimate of drug-likeness (QED) is 0.906. The number of carbonyl (C=O) groups excluding carboxylic acids is 1. The molecular formula is C16H23BrN2O. The van der Waals surface area contributed by atoms with Crippen LogP contribution in [-0.2, 0) is 4.79 Å². The largest absolute Gasteiger partial charge is 0.326 e. The van der Waals surface area contributed by atoms with Crippen LogP contribution in [0.5, 0.6) is 0 Å². The zero-order chi connectivity index (χ0) is 14.5. The van der Waals surface area contributed by atoms with Crippen LogP contribution < -0.4 is 5.32 Å². The molecule has 0 aliphatic carbocycles. The van der Waals surface area contributed by atoms with Crippen LogP contribution in [-0.4, -0.2) is 30.4 Å². The average molecular weight is 339 g/mol. The molecule has 2 rings (SSSR count). The Balaban J connectivity index is 1.76. The first-order valence-corrected chi connectivity index (χ1v) is 8.10. The van der Waals surface area contributed by atoms with Crippen molar-refractivity contribution in [2.75, 3.05) is 25.0 Å². The Kier molecular flexibility index (Phi) is 5.61. The molecule has 0 aromatic heterocycles. The summed E-state index contributed by atoms with van der Waals surface area (Å²) in [5.41, 5.74) is 0.860. The van der Waals surface area contributed by atoms with Gasteiger partial charge in [0.05, 0.1) is 0 Å². The van der Waals surface area contributed by atoms with Gasteiger partial charge in [0.2, 0.25) is 5.91 Å². The fourth-order valence-electron chi connectivity index (χ4n) is 2.99. The number of nitrogens with one attached hydrogen (secondary N) is 1. The summed E-state index contributed by atoms with van der Waals surface area (Å²) >= 11 is 3.39. The summed E-state index contributed by atoms with van der Waals surface area (Å²) in [5, 5.41) is 2.94. The highest BCUT2D eigenvalue weighted by molar-refractivity contribution is 9.10. The lowest BCUT2D eigenvalue weighted by atomic mass is 9.92. The number of piperidine rings is 1. The third kappa shape index (κ3) is 4.91. The zero-order valence-corrected chi connectivity index (χ0v) is 13.8. The lowest BCUT2D eigenvalue weighted by Gasteiger charge is -2.34. The number of hydrogen-bond acceptors (Lipinski definition) is 2. The zero-order valence-electron chi connectivity index (χ0n) is 12.2. The van der Waals surface area contributed by atoms with E-state index in [2.05, 4.69) is 40.0 Å². The number of likely N-dealkylation sites (tertiary alicyclic amines) is 1. The maximum atomic E-state index is 12.0. The van der Waals surface area contributed by atoms with Gasteiger partial charge >= 0.3 is 0 Å². The van der Waals surface area contributed by atoms with Gasteiger partial charge in [0.15, 0.2) is 0 Å². The summed E-state index contributed by atoms with van der Waals surface area (Å²) in [6, 6.07) is 7.69. The second kappa shape index (κ2) is 7.23. The summed E-state index contributed by atoms with van der Waals surface area (Å²) in [7, 11) is 0. The summed E-state index contributed by atoms with van der Waals surface area (Å²) in [4.78, 5) is 14.4. The molecule has 1 fully saturated rings. The van der Waals surface area contributed by atoms with Crippen LogP contribution in [0.15, 0.2) is 28.7 Å². The molecule has 4 heteroatoms. The van der Waals surface area contributed by atoms with Gasteiger partial charge in [0, 0.05) is 36.2 Å². The van der Waals surface area contributed by atoms with Gasteiger partial charge in [-0.3, -0.25) is 4.79 Å². The molecule has 1 saturated heterocycles. The standard InChI is InChI=1S/C16H23BrN2O/c1-12-9-13(2)11-19(10-12)8-7-16(20)18-15-5-3-14(17)4-6-15/h3-6,12-13H,7-11H2,1-2H3,(H,18,20)/t12-,13-/m1/s1. The van der Waals surface area contributed by atoms with Gasteiger partial charge in [-0.1, -0.05) is 29.8 Å². The SMILES string of the molecule is C[C@@H]1C[C@@H](C)CN(CCC(=O)Nc2ccc(Br)cc2)C1. The molecule has 1 aliphatic heterocycles. The van der Waals surface area contributed by atoms with E-state index in [0.29, 0.717) is 6.42 Å². The minimum atomic E-state index is 0.0956. The van der Waals surface area contributed by atoms with E-state index in [9.17, 15) is 4.79 Å². The summed E-state index contributed by atoms with van der Waals surface area (Å²) in [6.07, 6.45) is 1.87. The predicted octanol–water partition coefficient (Wildman–Crippen LogP) is 3.76. The molecular weight excluding hydrogens is 316 g/mol. The minimum Gasteiger partial charge on any atom is -0.326 e. The van der Waals surface area contributed by atoms with Gasteiger partial charge in [0.25, 0.3) is 0 Å². The highest BCUT2D eigenvalue weighted by Crippen LogP contribution is 2.21. The molecule has 0 spiro atoms. The van der Waals surface area contributed by atoms with Gasteiger partial charge in [-0.05, 0) is 42.5 Å². The van der Waals surface area contributed by atoms with Crippen molar-refractivity contribution in [2.24, 2.45) is 11.8 Å². The number of anilines is 1. The van der Waals surface area contributed by atoms with Crippen molar-refractivity contribution in [3.8, 4) is 0 Å². The number of amides is 1. The molecule has 1 N–H and O–H groups in total. The van der Waals surface area contributed by atoms with Crippen LogP contribution in [0.2, 0.25) is 0 Å². The average Bonchev–Trinajstić information content (AvgIpc) is 2.38. The topological polar surface area (TPSA) is 32.3 Å².